The van der Waals surface area contributed by atoms with Crippen molar-refractivity contribution in [3.8, 4) is 0 Å². The van der Waals surface area contributed by atoms with Crippen molar-refractivity contribution < 1.29 is 4.74 Å². The standard InChI is InChI=1S/C11H21N3O/c1-11(2)15-10-7-12-5-3-8-14-9-4-6-13-14/h4,6,9,11-12H,3,5,7-8,10H2,1-2H3. The van der Waals surface area contributed by atoms with Gasteiger partial charge in [0.15, 0.2) is 0 Å². The number of ether oxygens (including phenoxy) is 1. The topological polar surface area (TPSA) is 39.1 Å². The molecule has 1 aromatic rings. The smallest absolute Gasteiger partial charge is 0.0594 e. The van der Waals surface area contributed by atoms with E-state index in [4.69, 9.17) is 4.74 Å². The summed E-state index contributed by atoms with van der Waals surface area (Å²) in [5.74, 6) is 0. The van der Waals surface area contributed by atoms with Gasteiger partial charge in [-0.05, 0) is 32.9 Å². The van der Waals surface area contributed by atoms with Crippen molar-refractivity contribution in [2.45, 2.75) is 32.9 Å². The Bertz CT molecular complexity index is 234. The van der Waals surface area contributed by atoms with Crippen LogP contribution in [0.3, 0.4) is 0 Å². The average molecular weight is 211 g/mol. The molecular formula is C11H21N3O. The fourth-order valence-corrected chi connectivity index (χ4v) is 1.29. The van der Waals surface area contributed by atoms with Gasteiger partial charge in [0, 0.05) is 25.5 Å². The van der Waals surface area contributed by atoms with E-state index in [0.29, 0.717) is 6.10 Å². The van der Waals surface area contributed by atoms with E-state index in [0.717, 1.165) is 32.7 Å². The zero-order chi connectivity index (χ0) is 10.9. The molecule has 0 aromatic carbocycles. The second kappa shape index (κ2) is 7.43. The molecular weight excluding hydrogens is 190 g/mol. The highest BCUT2D eigenvalue weighted by Crippen LogP contribution is 1.88. The average Bonchev–Trinajstić information content (AvgIpc) is 2.68. The van der Waals surface area contributed by atoms with Crippen molar-refractivity contribution in [3.63, 3.8) is 0 Å². The molecule has 4 heteroatoms. The van der Waals surface area contributed by atoms with Gasteiger partial charge in [-0.3, -0.25) is 4.68 Å². The van der Waals surface area contributed by atoms with Crippen LogP contribution >= 0.6 is 0 Å². The number of aryl methyl sites for hydroxylation is 1. The van der Waals surface area contributed by atoms with Crippen molar-refractivity contribution in [1.29, 1.82) is 0 Å². The van der Waals surface area contributed by atoms with E-state index in [9.17, 15) is 0 Å². The van der Waals surface area contributed by atoms with Crippen molar-refractivity contribution in [1.82, 2.24) is 15.1 Å². The first-order chi connectivity index (χ1) is 7.29. The van der Waals surface area contributed by atoms with Crippen LogP contribution in [0.5, 0.6) is 0 Å². The Labute approximate surface area is 91.6 Å². The van der Waals surface area contributed by atoms with Crippen LogP contribution in [0.1, 0.15) is 20.3 Å². The summed E-state index contributed by atoms with van der Waals surface area (Å²) in [6.45, 7) is 7.82. The SMILES string of the molecule is CC(C)OCCNCCCn1cccn1. The Balaban J connectivity index is 1.85. The molecule has 0 atom stereocenters. The molecule has 0 saturated carbocycles. The van der Waals surface area contributed by atoms with Crippen LogP contribution in [0.2, 0.25) is 0 Å². The summed E-state index contributed by atoms with van der Waals surface area (Å²) in [5.41, 5.74) is 0. The molecule has 1 aromatic heterocycles. The lowest BCUT2D eigenvalue weighted by atomic mass is 10.4. The molecule has 0 fully saturated rings. The van der Waals surface area contributed by atoms with Gasteiger partial charge in [-0.25, -0.2) is 0 Å². The van der Waals surface area contributed by atoms with E-state index < -0.39 is 0 Å². The largest absolute Gasteiger partial charge is 0.377 e. The van der Waals surface area contributed by atoms with Gasteiger partial charge in [-0.2, -0.15) is 5.10 Å². The highest BCUT2D eigenvalue weighted by molar-refractivity contribution is 4.77. The molecule has 0 aliphatic rings. The Morgan fingerprint density at radius 3 is 2.93 bits per heavy atom. The van der Waals surface area contributed by atoms with Gasteiger partial charge in [0.2, 0.25) is 0 Å². The summed E-state index contributed by atoms with van der Waals surface area (Å²) in [6, 6.07) is 1.95. The molecule has 0 aliphatic carbocycles. The minimum absolute atomic E-state index is 0.330. The third kappa shape index (κ3) is 6.25. The first-order valence-electron chi connectivity index (χ1n) is 5.59. The molecule has 0 radical (unpaired) electrons. The molecule has 0 bridgehead atoms. The predicted molar refractivity (Wildman–Crippen MR) is 60.8 cm³/mol. The zero-order valence-electron chi connectivity index (χ0n) is 9.65. The molecule has 1 N–H and O–H groups in total. The van der Waals surface area contributed by atoms with Crippen molar-refractivity contribution in [2.24, 2.45) is 0 Å². The molecule has 0 saturated heterocycles. The summed E-state index contributed by atoms with van der Waals surface area (Å²) in [6.07, 6.45) is 5.23. The normalized spacial score (nSPS) is 11.1. The van der Waals surface area contributed by atoms with Crippen LogP contribution in [0.4, 0.5) is 0 Å². The summed E-state index contributed by atoms with van der Waals surface area (Å²) >= 11 is 0. The monoisotopic (exact) mass is 211 g/mol. The molecule has 0 spiro atoms. The van der Waals surface area contributed by atoms with Crippen LogP contribution in [-0.2, 0) is 11.3 Å². The highest BCUT2D eigenvalue weighted by atomic mass is 16.5. The summed E-state index contributed by atoms with van der Waals surface area (Å²) in [4.78, 5) is 0. The van der Waals surface area contributed by atoms with Crippen LogP contribution in [0, 0.1) is 0 Å². The number of aromatic nitrogens is 2. The quantitative estimate of drug-likeness (QED) is 0.659. The first kappa shape index (κ1) is 12.2. The van der Waals surface area contributed by atoms with E-state index in [1.807, 2.05) is 23.1 Å². The number of nitrogens with one attached hydrogen (secondary N) is 1. The van der Waals surface area contributed by atoms with E-state index in [-0.39, 0.29) is 0 Å². The molecule has 86 valence electrons. The van der Waals surface area contributed by atoms with Crippen LogP contribution < -0.4 is 5.32 Å². The van der Waals surface area contributed by atoms with Gasteiger partial charge in [-0.1, -0.05) is 0 Å². The second-order valence-electron chi connectivity index (χ2n) is 3.79. The predicted octanol–water partition coefficient (Wildman–Crippen LogP) is 1.29. The van der Waals surface area contributed by atoms with E-state index in [1.165, 1.54) is 0 Å². The maximum absolute atomic E-state index is 5.41. The van der Waals surface area contributed by atoms with Gasteiger partial charge in [-0.15, -0.1) is 0 Å². The minimum atomic E-state index is 0.330. The highest BCUT2D eigenvalue weighted by Gasteiger charge is 1.93. The first-order valence-corrected chi connectivity index (χ1v) is 5.59. The van der Waals surface area contributed by atoms with Gasteiger partial charge in [0.1, 0.15) is 0 Å². The maximum atomic E-state index is 5.41. The maximum Gasteiger partial charge on any atom is 0.0594 e. The molecule has 4 nitrogen and oxygen atoms in total. The molecule has 1 heterocycles. The van der Waals surface area contributed by atoms with E-state index in [1.54, 1.807) is 0 Å². The fourth-order valence-electron chi connectivity index (χ4n) is 1.29. The van der Waals surface area contributed by atoms with Crippen molar-refractivity contribution in [3.05, 3.63) is 18.5 Å². The van der Waals surface area contributed by atoms with E-state index >= 15 is 0 Å². The van der Waals surface area contributed by atoms with Crippen LogP contribution in [0.15, 0.2) is 18.5 Å². The fraction of sp³-hybridized carbons (Fsp3) is 0.727. The Morgan fingerprint density at radius 2 is 2.27 bits per heavy atom. The Morgan fingerprint density at radius 1 is 1.40 bits per heavy atom. The molecule has 1 rings (SSSR count). The van der Waals surface area contributed by atoms with Gasteiger partial charge in [0.25, 0.3) is 0 Å². The Hall–Kier alpha value is -0.870. The summed E-state index contributed by atoms with van der Waals surface area (Å²) in [7, 11) is 0. The third-order valence-corrected chi connectivity index (χ3v) is 2.03. The van der Waals surface area contributed by atoms with Gasteiger partial charge >= 0.3 is 0 Å². The van der Waals surface area contributed by atoms with E-state index in [2.05, 4.69) is 24.3 Å². The molecule has 0 unspecified atom stereocenters. The van der Waals surface area contributed by atoms with Gasteiger partial charge < -0.3 is 10.1 Å². The summed E-state index contributed by atoms with van der Waals surface area (Å²) in [5, 5.41) is 7.47. The summed E-state index contributed by atoms with van der Waals surface area (Å²) < 4.78 is 7.36. The number of hydrogen-bond acceptors (Lipinski definition) is 3. The lowest BCUT2D eigenvalue weighted by Crippen LogP contribution is -2.23. The Kier molecular flexibility index (Phi) is 6.04. The number of hydrogen-bond donors (Lipinski definition) is 1. The number of nitrogens with zero attached hydrogens (tertiary/aromatic N) is 2. The lowest BCUT2D eigenvalue weighted by Gasteiger charge is -2.08. The third-order valence-electron chi connectivity index (χ3n) is 2.03. The van der Waals surface area contributed by atoms with Crippen LogP contribution in [-0.4, -0.2) is 35.6 Å². The minimum Gasteiger partial charge on any atom is -0.377 e. The molecule has 15 heavy (non-hydrogen) atoms. The number of rotatable bonds is 8. The van der Waals surface area contributed by atoms with Crippen molar-refractivity contribution in [2.75, 3.05) is 19.7 Å². The molecule has 0 aliphatic heterocycles. The van der Waals surface area contributed by atoms with Crippen molar-refractivity contribution >= 4 is 0 Å². The lowest BCUT2D eigenvalue weighted by molar-refractivity contribution is 0.0808. The van der Waals surface area contributed by atoms with Crippen LogP contribution in [0.25, 0.3) is 0 Å². The molecule has 0 amide bonds. The zero-order valence-corrected chi connectivity index (χ0v) is 9.65. The van der Waals surface area contributed by atoms with Gasteiger partial charge in [0.05, 0.1) is 12.7 Å². The second-order valence-corrected chi connectivity index (χ2v) is 3.79.